The van der Waals surface area contributed by atoms with Crippen LogP contribution in [-0.2, 0) is 30.9 Å². The Kier molecular flexibility index (Phi) is 4.30. The van der Waals surface area contributed by atoms with Crippen LogP contribution in [-0.4, -0.2) is 44.6 Å². The number of ether oxygens (including phenoxy) is 1. The molecule has 2 aliphatic rings. The predicted octanol–water partition coefficient (Wildman–Crippen LogP) is 0.834. The van der Waals surface area contributed by atoms with E-state index in [1.807, 2.05) is 10.7 Å². The average Bonchev–Trinajstić information content (AvgIpc) is 3.28. The first-order valence-electron chi connectivity index (χ1n) is 8.85. The van der Waals surface area contributed by atoms with E-state index in [4.69, 9.17) is 10.5 Å². The topological polar surface area (TPSA) is 102 Å². The number of nitrogens with zero attached hydrogens (tertiary/aromatic N) is 5. The highest BCUT2D eigenvalue weighted by atomic mass is 16.5. The molecule has 1 atom stereocenters. The van der Waals surface area contributed by atoms with Gasteiger partial charge in [0.15, 0.2) is 0 Å². The quantitative estimate of drug-likeness (QED) is 0.847. The lowest BCUT2D eigenvalue weighted by Crippen LogP contribution is -2.32. The maximum Gasteiger partial charge on any atom is 0.222 e. The number of aliphatic hydroxyl groups excluding tert-OH is 1. The summed E-state index contributed by atoms with van der Waals surface area (Å²) in [4.78, 5) is 11.1. The van der Waals surface area contributed by atoms with Crippen molar-refractivity contribution in [2.45, 2.75) is 45.4 Å². The Morgan fingerprint density at radius 1 is 1.40 bits per heavy atom. The summed E-state index contributed by atoms with van der Waals surface area (Å²) < 4.78 is 7.47. The van der Waals surface area contributed by atoms with Crippen molar-refractivity contribution in [2.75, 3.05) is 30.4 Å². The van der Waals surface area contributed by atoms with E-state index in [-0.39, 0.29) is 6.61 Å². The molecular weight excluding hydrogens is 320 g/mol. The highest BCUT2D eigenvalue weighted by Gasteiger charge is 2.27. The van der Waals surface area contributed by atoms with E-state index in [2.05, 4.69) is 26.9 Å². The summed E-state index contributed by atoms with van der Waals surface area (Å²) in [6.45, 7) is 5.84. The molecule has 0 saturated carbocycles. The second-order valence-corrected chi connectivity index (χ2v) is 6.59. The Morgan fingerprint density at radius 3 is 3.00 bits per heavy atom. The Labute approximate surface area is 146 Å². The summed E-state index contributed by atoms with van der Waals surface area (Å²) in [7, 11) is 0. The van der Waals surface area contributed by atoms with Crippen molar-refractivity contribution in [1.82, 2.24) is 19.7 Å². The molecule has 0 spiro atoms. The fraction of sp³-hybridized carbons (Fsp3) is 0.588. The molecule has 2 aromatic heterocycles. The second-order valence-electron chi connectivity index (χ2n) is 6.59. The normalized spacial score (nSPS) is 20.1. The van der Waals surface area contributed by atoms with Crippen molar-refractivity contribution in [3.8, 4) is 0 Å². The van der Waals surface area contributed by atoms with Gasteiger partial charge in [-0.1, -0.05) is 0 Å². The zero-order chi connectivity index (χ0) is 17.4. The molecule has 4 rings (SSSR count). The van der Waals surface area contributed by atoms with Gasteiger partial charge in [-0.3, -0.25) is 4.68 Å². The standard InChI is InChI=1S/C17H24N6O2/c1-2-23-15-3-5-22(8-12(15)14(9-24)21-23)16-7-13(19-17(18)20-16)11-4-6-25-10-11/h7,11,24H,2-6,8-10H2,1H3,(H2,18,19,20)/t11-/m1/s1. The fourth-order valence-electron chi connectivity index (χ4n) is 3.76. The minimum atomic E-state index is -0.0419. The van der Waals surface area contributed by atoms with Gasteiger partial charge in [-0.25, -0.2) is 4.98 Å². The zero-order valence-corrected chi connectivity index (χ0v) is 14.5. The van der Waals surface area contributed by atoms with Crippen molar-refractivity contribution < 1.29 is 9.84 Å². The first-order chi connectivity index (χ1) is 12.2. The number of nitrogens with two attached hydrogens (primary N) is 1. The molecule has 134 valence electrons. The largest absolute Gasteiger partial charge is 0.390 e. The zero-order valence-electron chi connectivity index (χ0n) is 14.5. The molecule has 2 aliphatic heterocycles. The van der Waals surface area contributed by atoms with E-state index >= 15 is 0 Å². The van der Waals surface area contributed by atoms with Gasteiger partial charge in [-0.15, -0.1) is 0 Å². The van der Waals surface area contributed by atoms with Gasteiger partial charge in [0, 0.05) is 55.9 Å². The molecule has 0 unspecified atom stereocenters. The lowest BCUT2D eigenvalue weighted by Gasteiger charge is -2.29. The Bertz CT molecular complexity index is 769. The smallest absolute Gasteiger partial charge is 0.222 e. The maximum absolute atomic E-state index is 9.64. The predicted molar refractivity (Wildman–Crippen MR) is 93.2 cm³/mol. The number of nitrogen functional groups attached to an aromatic ring is 1. The molecule has 8 heteroatoms. The minimum absolute atomic E-state index is 0.0419. The van der Waals surface area contributed by atoms with E-state index in [9.17, 15) is 5.11 Å². The summed E-state index contributed by atoms with van der Waals surface area (Å²) in [5.41, 5.74) is 10.0. The molecule has 2 aromatic rings. The summed E-state index contributed by atoms with van der Waals surface area (Å²) in [5, 5.41) is 14.2. The van der Waals surface area contributed by atoms with Crippen molar-refractivity contribution in [3.05, 3.63) is 28.7 Å². The second kappa shape index (κ2) is 6.61. The maximum atomic E-state index is 9.64. The van der Waals surface area contributed by atoms with Gasteiger partial charge in [0.2, 0.25) is 5.95 Å². The lowest BCUT2D eigenvalue weighted by atomic mass is 10.0. The van der Waals surface area contributed by atoms with Crippen LogP contribution in [0, 0.1) is 0 Å². The minimum Gasteiger partial charge on any atom is -0.390 e. The fourth-order valence-corrected chi connectivity index (χ4v) is 3.76. The van der Waals surface area contributed by atoms with Crippen molar-refractivity contribution in [2.24, 2.45) is 0 Å². The summed E-state index contributed by atoms with van der Waals surface area (Å²) in [6, 6.07) is 2.03. The number of aromatic nitrogens is 4. The van der Waals surface area contributed by atoms with Crippen LogP contribution in [0.3, 0.4) is 0 Å². The number of hydrogen-bond donors (Lipinski definition) is 2. The van der Waals surface area contributed by atoms with Crippen LogP contribution in [0.4, 0.5) is 11.8 Å². The summed E-state index contributed by atoms with van der Waals surface area (Å²) >= 11 is 0. The first kappa shape index (κ1) is 16.3. The van der Waals surface area contributed by atoms with Gasteiger partial charge < -0.3 is 20.5 Å². The Morgan fingerprint density at radius 2 is 2.28 bits per heavy atom. The molecule has 8 nitrogen and oxygen atoms in total. The summed E-state index contributed by atoms with van der Waals surface area (Å²) in [5.74, 6) is 1.44. The first-order valence-corrected chi connectivity index (χ1v) is 8.85. The third kappa shape index (κ3) is 2.96. The van der Waals surface area contributed by atoms with Gasteiger partial charge in [0.1, 0.15) is 5.82 Å². The van der Waals surface area contributed by atoms with Crippen LogP contribution < -0.4 is 10.6 Å². The lowest BCUT2D eigenvalue weighted by molar-refractivity contribution is 0.193. The highest BCUT2D eigenvalue weighted by Crippen LogP contribution is 2.30. The van der Waals surface area contributed by atoms with Gasteiger partial charge in [0.05, 0.1) is 24.6 Å². The molecule has 0 aliphatic carbocycles. The van der Waals surface area contributed by atoms with Crippen LogP contribution in [0.15, 0.2) is 6.07 Å². The molecule has 4 heterocycles. The number of aryl methyl sites for hydroxylation is 1. The van der Waals surface area contributed by atoms with E-state index < -0.39 is 0 Å². The SMILES string of the molecule is CCn1nc(CO)c2c1CCN(c1cc([C@@H]3CCOC3)nc(N)n1)C2. The van der Waals surface area contributed by atoms with E-state index in [1.165, 1.54) is 5.69 Å². The van der Waals surface area contributed by atoms with Crippen LogP contribution in [0.1, 0.15) is 41.9 Å². The molecular formula is C17H24N6O2. The van der Waals surface area contributed by atoms with Gasteiger partial charge in [0.25, 0.3) is 0 Å². The van der Waals surface area contributed by atoms with E-state index in [1.54, 1.807) is 0 Å². The molecule has 3 N–H and O–H groups in total. The number of rotatable bonds is 4. The Hall–Kier alpha value is -2.19. The van der Waals surface area contributed by atoms with E-state index in [0.717, 1.165) is 55.3 Å². The molecule has 25 heavy (non-hydrogen) atoms. The van der Waals surface area contributed by atoms with E-state index in [0.29, 0.717) is 25.0 Å². The third-order valence-electron chi connectivity index (χ3n) is 5.09. The van der Waals surface area contributed by atoms with Gasteiger partial charge >= 0.3 is 0 Å². The van der Waals surface area contributed by atoms with Crippen LogP contribution in [0.5, 0.6) is 0 Å². The van der Waals surface area contributed by atoms with Gasteiger partial charge in [-0.05, 0) is 13.3 Å². The third-order valence-corrected chi connectivity index (χ3v) is 5.09. The average molecular weight is 344 g/mol. The van der Waals surface area contributed by atoms with Crippen LogP contribution in [0.25, 0.3) is 0 Å². The number of fused-ring (bicyclic) bond motifs is 1. The number of hydrogen-bond acceptors (Lipinski definition) is 7. The molecule has 0 radical (unpaired) electrons. The molecule has 0 bridgehead atoms. The van der Waals surface area contributed by atoms with Gasteiger partial charge in [-0.2, -0.15) is 10.1 Å². The number of aliphatic hydroxyl groups is 1. The Balaban J connectivity index is 1.64. The molecule has 0 aromatic carbocycles. The van der Waals surface area contributed by atoms with Crippen molar-refractivity contribution >= 4 is 11.8 Å². The number of anilines is 2. The van der Waals surface area contributed by atoms with Crippen LogP contribution >= 0.6 is 0 Å². The van der Waals surface area contributed by atoms with Crippen molar-refractivity contribution in [1.29, 1.82) is 0 Å². The molecule has 1 saturated heterocycles. The summed E-state index contributed by atoms with van der Waals surface area (Å²) in [6.07, 6.45) is 1.85. The monoisotopic (exact) mass is 344 g/mol. The molecule has 0 amide bonds. The van der Waals surface area contributed by atoms with Crippen molar-refractivity contribution in [3.63, 3.8) is 0 Å². The van der Waals surface area contributed by atoms with Crippen LogP contribution in [0.2, 0.25) is 0 Å². The highest BCUT2D eigenvalue weighted by molar-refractivity contribution is 5.48. The molecule has 1 fully saturated rings.